The van der Waals surface area contributed by atoms with E-state index in [0.29, 0.717) is 11.5 Å². The SMILES string of the molecule is CCOC(=O)COc1cc(CNC(=O)OCc2ccccc2)ccc1OC. The smallest absolute Gasteiger partial charge is 0.407 e. The van der Waals surface area contributed by atoms with Crippen LogP contribution in [0.1, 0.15) is 18.1 Å². The second kappa shape index (κ2) is 10.7. The molecule has 0 aliphatic heterocycles. The van der Waals surface area contributed by atoms with Crippen LogP contribution in [-0.4, -0.2) is 32.4 Å². The molecule has 1 N–H and O–H groups in total. The molecule has 0 saturated carbocycles. The largest absolute Gasteiger partial charge is 0.493 e. The minimum absolute atomic E-state index is 0.198. The highest BCUT2D eigenvalue weighted by atomic mass is 16.6. The van der Waals surface area contributed by atoms with E-state index in [1.165, 1.54) is 7.11 Å². The van der Waals surface area contributed by atoms with Crippen LogP contribution in [0.25, 0.3) is 0 Å². The van der Waals surface area contributed by atoms with Crippen LogP contribution in [0, 0.1) is 0 Å². The first-order valence-electron chi connectivity index (χ1n) is 8.52. The molecule has 0 saturated heterocycles. The van der Waals surface area contributed by atoms with Gasteiger partial charge in [-0.2, -0.15) is 0 Å². The lowest BCUT2D eigenvalue weighted by Gasteiger charge is -2.12. The number of nitrogens with one attached hydrogen (secondary N) is 1. The summed E-state index contributed by atoms with van der Waals surface area (Å²) in [6, 6.07) is 14.6. The fourth-order valence-corrected chi connectivity index (χ4v) is 2.23. The first kappa shape index (κ1) is 20.1. The molecule has 0 aliphatic rings. The van der Waals surface area contributed by atoms with Crippen molar-refractivity contribution in [2.24, 2.45) is 0 Å². The number of esters is 1. The Balaban J connectivity index is 1.87. The molecule has 0 spiro atoms. The van der Waals surface area contributed by atoms with Crippen LogP contribution >= 0.6 is 0 Å². The molecule has 7 nitrogen and oxygen atoms in total. The number of rotatable bonds is 9. The summed E-state index contributed by atoms with van der Waals surface area (Å²) in [5.41, 5.74) is 1.68. The van der Waals surface area contributed by atoms with Gasteiger partial charge < -0.3 is 24.3 Å². The summed E-state index contributed by atoms with van der Waals surface area (Å²) >= 11 is 0. The molecule has 27 heavy (non-hydrogen) atoms. The van der Waals surface area contributed by atoms with E-state index in [-0.39, 0.29) is 26.4 Å². The maximum absolute atomic E-state index is 11.8. The van der Waals surface area contributed by atoms with Crippen LogP contribution in [0.15, 0.2) is 48.5 Å². The van der Waals surface area contributed by atoms with Crippen molar-refractivity contribution in [3.8, 4) is 11.5 Å². The molecule has 0 fully saturated rings. The van der Waals surface area contributed by atoms with Crippen LogP contribution < -0.4 is 14.8 Å². The van der Waals surface area contributed by atoms with Gasteiger partial charge in [0, 0.05) is 6.54 Å². The molecular weight excluding hydrogens is 350 g/mol. The van der Waals surface area contributed by atoms with Gasteiger partial charge in [0.2, 0.25) is 0 Å². The number of ether oxygens (including phenoxy) is 4. The molecule has 1 amide bonds. The van der Waals surface area contributed by atoms with Gasteiger partial charge in [-0.05, 0) is 30.2 Å². The van der Waals surface area contributed by atoms with Gasteiger partial charge in [0.1, 0.15) is 6.61 Å². The number of amides is 1. The lowest BCUT2D eigenvalue weighted by molar-refractivity contribution is -0.145. The predicted molar refractivity (Wildman–Crippen MR) is 98.6 cm³/mol. The van der Waals surface area contributed by atoms with Crippen molar-refractivity contribution < 1.29 is 28.5 Å². The van der Waals surface area contributed by atoms with Gasteiger partial charge in [0.15, 0.2) is 18.1 Å². The van der Waals surface area contributed by atoms with Gasteiger partial charge in [-0.15, -0.1) is 0 Å². The van der Waals surface area contributed by atoms with Crippen molar-refractivity contribution in [2.75, 3.05) is 20.3 Å². The summed E-state index contributed by atoms with van der Waals surface area (Å²) in [5.74, 6) is 0.407. The highest BCUT2D eigenvalue weighted by molar-refractivity contribution is 5.71. The van der Waals surface area contributed by atoms with Crippen LogP contribution in [0.4, 0.5) is 4.79 Å². The minimum atomic E-state index is -0.524. The summed E-state index contributed by atoms with van der Waals surface area (Å²) in [7, 11) is 1.51. The van der Waals surface area contributed by atoms with Crippen molar-refractivity contribution in [1.82, 2.24) is 5.32 Å². The number of benzene rings is 2. The van der Waals surface area contributed by atoms with Crippen molar-refractivity contribution in [1.29, 1.82) is 0 Å². The van der Waals surface area contributed by atoms with E-state index in [0.717, 1.165) is 11.1 Å². The number of hydrogen-bond donors (Lipinski definition) is 1. The molecule has 0 heterocycles. The Labute approximate surface area is 158 Å². The van der Waals surface area contributed by atoms with Gasteiger partial charge in [0.25, 0.3) is 0 Å². The fourth-order valence-electron chi connectivity index (χ4n) is 2.23. The van der Waals surface area contributed by atoms with Gasteiger partial charge >= 0.3 is 12.1 Å². The van der Waals surface area contributed by atoms with Crippen LogP contribution in [0.3, 0.4) is 0 Å². The van der Waals surface area contributed by atoms with E-state index >= 15 is 0 Å². The number of carbonyl (C=O) groups excluding carboxylic acids is 2. The van der Waals surface area contributed by atoms with E-state index in [4.69, 9.17) is 18.9 Å². The van der Waals surface area contributed by atoms with Gasteiger partial charge in [-0.25, -0.2) is 9.59 Å². The normalized spacial score (nSPS) is 10.0. The number of hydrogen-bond acceptors (Lipinski definition) is 6. The Kier molecular flexibility index (Phi) is 7.96. The van der Waals surface area contributed by atoms with Crippen molar-refractivity contribution in [2.45, 2.75) is 20.1 Å². The zero-order valence-corrected chi connectivity index (χ0v) is 15.4. The van der Waals surface area contributed by atoms with E-state index in [9.17, 15) is 9.59 Å². The van der Waals surface area contributed by atoms with E-state index in [1.807, 2.05) is 30.3 Å². The van der Waals surface area contributed by atoms with Gasteiger partial charge in [-0.3, -0.25) is 0 Å². The van der Waals surface area contributed by atoms with Crippen molar-refractivity contribution in [3.63, 3.8) is 0 Å². The Morgan fingerprint density at radius 2 is 1.74 bits per heavy atom. The Morgan fingerprint density at radius 3 is 2.44 bits per heavy atom. The van der Waals surface area contributed by atoms with Gasteiger partial charge in [0.05, 0.1) is 13.7 Å². The molecule has 0 unspecified atom stereocenters. The molecule has 0 atom stereocenters. The topological polar surface area (TPSA) is 83.1 Å². The molecule has 0 radical (unpaired) electrons. The zero-order valence-electron chi connectivity index (χ0n) is 15.4. The summed E-state index contributed by atoms with van der Waals surface area (Å²) in [6.07, 6.45) is -0.524. The van der Waals surface area contributed by atoms with Crippen LogP contribution in [-0.2, 0) is 27.4 Å². The second-order valence-corrected chi connectivity index (χ2v) is 5.49. The molecule has 0 aliphatic carbocycles. The van der Waals surface area contributed by atoms with E-state index < -0.39 is 12.1 Å². The van der Waals surface area contributed by atoms with E-state index in [2.05, 4.69) is 5.32 Å². The molecule has 7 heteroatoms. The van der Waals surface area contributed by atoms with Crippen molar-refractivity contribution >= 4 is 12.1 Å². The Bertz CT molecular complexity index is 747. The monoisotopic (exact) mass is 373 g/mol. The van der Waals surface area contributed by atoms with Crippen molar-refractivity contribution in [3.05, 3.63) is 59.7 Å². The molecular formula is C20H23NO6. The van der Waals surface area contributed by atoms with Crippen LogP contribution in [0.2, 0.25) is 0 Å². The quantitative estimate of drug-likeness (QED) is 0.680. The average Bonchev–Trinajstić information content (AvgIpc) is 2.70. The molecule has 0 aromatic heterocycles. The average molecular weight is 373 g/mol. The zero-order chi connectivity index (χ0) is 19.5. The predicted octanol–water partition coefficient (Wildman–Crippen LogP) is 3.06. The molecule has 2 rings (SSSR count). The lowest BCUT2D eigenvalue weighted by atomic mass is 10.2. The molecule has 2 aromatic rings. The summed E-state index contributed by atoms with van der Waals surface area (Å²) in [6.45, 7) is 2.23. The fraction of sp³-hybridized carbons (Fsp3) is 0.300. The second-order valence-electron chi connectivity index (χ2n) is 5.49. The maximum atomic E-state index is 11.8. The lowest BCUT2D eigenvalue weighted by Crippen LogP contribution is -2.23. The Hall–Kier alpha value is -3.22. The summed E-state index contributed by atoms with van der Waals surface area (Å²) in [4.78, 5) is 23.3. The maximum Gasteiger partial charge on any atom is 0.407 e. The van der Waals surface area contributed by atoms with E-state index in [1.54, 1.807) is 25.1 Å². The highest BCUT2D eigenvalue weighted by Gasteiger charge is 2.10. The summed E-state index contributed by atoms with van der Waals surface area (Å²) in [5, 5.41) is 2.67. The number of methoxy groups -OCH3 is 1. The van der Waals surface area contributed by atoms with Crippen LogP contribution in [0.5, 0.6) is 11.5 Å². The molecule has 144 valence electrons. The standard InChI is InChI=1S/C20H23NO6/c1-3-25-19(22)14-26-18-11-16(9-10-17(18)24-2)12-21-20(23)27-13-15-7-5-4-6-8-15/h4-11H,3,12-14H2,1-2H3,(H,21,23). The third-order valence-electron chi connectivity index (χ3n) is 3.53. The number of alkyl carbamates (subject to hydrolysis) is 1. The summed E-state index contributed by atoms with van der Waals surface area (Å²) < 4.78 is 20.7. The third-order valence-corrected chi connectivity index (χ3v) is 3.53. The first-order chi connectivity index (χ1) is 13.1. The molecule has 0 bridgehead atoms. The highest BCUT2D eigenvalue weighted by Crippen LogP contribution is 2.28. The molecule has 2 aromatic carbocycles. The third kappa shape index (κ3) is 6.89. The first-order valence-corrected chi connectivity index (χ1v) is 8.52. The minimum Gasteiger partial charge on any atom is -0.493 e. The Morgan fingerprint density at radius 1 is 0.963 bits per heavy atom. The number of carbonyl (C=O) groups is 2. The van der Waals surface area contributed by atoms with Gasteiger partial charge in [-0.1, -0.05) is 36.4 Å².